The van der Waals surface area contributed by atoms with Crippen LogP contribution in [0.3, 0.4) is 0 Å². The maximum atomic E-state index is 13.0. The number of hydrogen-bond donors (Lipinski definition) is 1. The molecule has 29 heavy (non-hydrogen) atoms. The number of rotatable bonds is 2. The zero-order chi connectivity index (χ0) is 21.0. The Hall–Kier alpha value is -1.83. The molecule has 0 saturated carbocycles. The van der Waals surface area contributed by atoms with Crippen LogP contribution in [0, 0.1) is 5.41 Å². The van der Waals surface area contributed by atoms with Crippen molar-refractivity contribution < 1.29 is 23.2 Å². The second-order valence-corrected chi connectivity index (χ2v) is 8.83. The van der Waals surface area contributed by atoms with E-state index in [2.05, 4.69) is 0 Å². The number of hydroxylamine groups is 2. The first-order valence-electron chi connectivity index (χ1n) is 9.57. The van der Waals surface area contributed by atoms with Crippen molar-refractivity contribution in [2.24, 2.45) is 5.41 Å². The van der Waals surface area contributed by atoms with Crippen molar-refractivity contribution >= 4 is 23.1 Å². The van der Waals surface area contributed by atoms with Gasteiger partial charge in [0.2, 0.25) is 5.91 Å². The Morgan fingerprint density at radius 1 is 1.28 bits per heavy atom. The van der Waals surface area contributed by atoms with E-state index in [-0.39, 0.29) is 16.5 Å². The highest BCUT2D eigenvalue weighted by Gasteiger charge is 2.53. The Morgan fingerprint density at radius 2 is 2.00 bits per heavy atom. The maximum Gasteiger partial charge on any atom is 0.416 e. The number of allylic oxidation sites excluding steroid dienone is 3. The minimum atomic E-state index is -4.44. The molecule has 2 saturated heterocycles. The largest absolute Gasteiger partial charge is 0.416 e. The van der Waals surface area contributed by atoms with E-state index in [1.165, 1.54) is 11.1 Å². The summed E-state index contributed by atoms with van der Waals surface area (Å²) in [6.45, 7) is 3.53. The minimum absolute atomic E-state index is 0.00603. The standard InChI is InChI=1S/C21H22ClF3N2O2/c1-19(18(28)26-12-20(13-26)7-2-10-27(20)29)8-5-14(6-9-19)16-4-3-15(11-17(16)22)21(23,24)25/h3-6,8,11,29H,2,7,9-10,12-13H2,1H3. The molecule has 1 unspecified atom stereocenters. The van der Waals surface area contributed by atoms with Gasteiger partial charge in [-0.15, -0.1) is 0 Å². The van der Waals surface area contributed by atoms with Crippen LogP contribution in [0.25, 0.3) is 5.57 Å². The molecule has 8 heteroatoms. The average Bonchev–Trinajstić information content (AvgIpc) is 3.01. The first-order chi connectivity index (χ1) is 13.5. The summed E-state index contributed by atoms with van der Waals surface area (Å²) in [5.41, 5.74) is -0.591. The predicted molar refractivity (Wildman–Crippen MR) is 103 cm³/mol. The first kappa shape index (κ1) is 20.4. The lowest BCUT2D eigenvalue weighted by Crippen LogP contribution is -2.69. The van der Waals surface area contributed by atoms with Crippen LogP contribution in [-0.4, -0.2) is 46.3 Å². The van der Waals surface area contributed by atoms with Crippen molar-refractivity contribution in [1.29, 1.82) is 0 Å². The van der Waals surface area contributed by atoms with E-state index in [0.717, 1.165) is 25.0 Å². The number of likely N-dealkylation sites (tertiary alicyclic amines) is 1. The molecule has 1 aromatic rings. The topological polar surface area (TPSA) is 43.8 Å². The van der Waals surface area contributed by atoms with Crippen molar-refractivity contribution in [3.05, 3.63) is 52.6 Å². The molecule has 0 radical (unpaired) electrons. The second-order valence-electron chi connectivity index (χ2n) is 8.42. The van der Waals surface area contributed by atoms with E-state index < -0.39 is 17.2 Å². The summed E-state index contributed by atoms with van der Waals surface area (Å²) in [4.78, 5) is 14.8. The molecular weight excluding hydrogens is 405 g/mol. The van der Waals surface area contributed by atoms with E-state index in [0.29, 0.717) is 37.2 Å². The van der Waals surface area contributed by atoms with Crippen LogP contribution < -0.4 is 0 Å². The van der Waals surface area contributed by atoms with Crippen LogP contribution in [0.5, 0.6) is 0 Å². The molecule has 3 aliphatic rings. The zero-order valence-corrected chi connectivity index (χ0v) is 16.7. The van der Waals surface area contributed by atoms with Crippen molar-refractivity contribution in [2.75, 3.05) is 19.6 Å². The van der Waals surface area contributed by atoms with Crippen LogP contribution in [-0.2, 0) is 11.0 Å². The third-order valence-electron chi connectivity index (χ3n) is 6.29. The van der Waals surface area contributed by atoms with Crippen molar-refractivity contribution in [3.63, 3.8) is 0 Å². The summed E-state index contributed by atoms with van der Waals surface area (Å²) in [5.74, 6) is -0.00603. The molecule has 1 spiro atoms. The highest BCUT2D eigenvalue weighted by molar-refractivity contribution is 6.32. The van der Waals surface area contributed by atoms with Gasteiger partial charge >= 0.3 is 6.18 Å². The summed E-state index contributed by atoms with van der Waals surface area (Å²) in [5, 5.41) is 11.4. The number of alkyl halides is 3. The maximum absolute atomic E-state index is 13.0. The first-order valence-corrected chi connectivity index (χ1v) is 9.94. The minimum Gasteiger partial charge on any atom is -0.338 e. The fourth-order valence-corrected chi connectivity index (χ4v) is 4.72. The normalized spacial score (nSPS) is 26.6. The van der Waals surface area contributed by atoms with Crippen molar-refractivity contribution in [2.45, 2.75) is 37.9 Å². The summed E-state index contributed by atoms with van der Waals surface area (Å²) >= 11 is 6.09. The number of amides is 1. The molecule has 2 aliphatic heterocycles. The van der Waals surface area contributed by atoms with Crippen LogP contribution in [0.1, 0.15) is 37.3 Å². The van der Waals surface area contributed by atoms with Gasteiger partial charge in [0.15, 0.2) is 0 Å². The lowest BCUT2D eigenvalue weighted by Gasteiger charge is -2.52. The molecule has 0 aromatic heterocycles. The summed E-state index contributed by atoms with van der Waals surface area (Å²) in [6, 6.07) is 3.30. The summed E-state index contributed by atoms with van der Waals surface area (Å²) in [7, 11) is 0. The van der Waals surface area contributed by atoms with Crippen LogP contribution >= 0.6 is 11.6 Å². The molecule has 4 nitrogen and oxygen atoms in total. The molecule has 156 valence electrons. The van der Waals surface area contributed by atoms with Gasteiger partial charge in [0.05, 0.1) is 16.5 Å². The molecule has 0 bridgehead atoms. The third-order valence-corrected chi connectivity index (χ3v) is 6.60. The van der Waals surface area contributed by atoms with E-state index >= 15 is 0 Å². The zero-order valence-electron chi connectivity index (χ0n) is 16.0. The number of benzene rings is 1. The monoisotopic (exact) mass is 426 g/mol. The highest BCUT2D eigenvalue weighted by Crippen LogP contribution is 2.42. The fraction of sp³-hybridized carbons (Fsp3) is 0.476. The fourth-order valence-electron chi connectivity index (χ4n) is 4.43. The Kier molecular flexibility index (Phi) is 4.83. The van der Waals surface area contributed by atoms with Gasteiger partial charge < -0.3 is 10.1 Å². The number of halogens is 4. The smallest absolute Gasteiger partial charge is 0.338 e. The molecular formula is C21H22ClF3N2O2. The van der Waals surface area contributed by atoms with Crippen molar-refractivity contribution in [1.82, 2.24) is 9.96 Å². The quantitative estimate of drug-likeness (QED) is 0.740. The van der Waals surface area contributed by atoms with E-state index in [1.807, 2.05) is 13.0 Å². The molecule has 1 aromatic carbocycles. The van der Waals surface area contributed by atoms with Gasteiger partial charge in [-0.1, -0.05) is 35.9 Å². The molecule has 1 aliphatic carbocycles. The SMILES string of the molecule is CC1(C(=O)N2CC3(CCCN3O)C2)C=CC(c2ccc(C(F)(F)F)cc2Cl)=CC1. The highest BCUT2D eigenvalue weighted by atomic mass is 35.5. The van der Waals surface area contributed by atoms with Gasteiger partial charge in [-0.25, -0.2) is 0 Å². The van der Waals surface area contributed by atoms with E-state index in [4.69, 9.17) is 11.6 Å². The molecule has 4 rings (SSSR count). The number of carbonyl (C=O) groups is 1. The van der Waals surface area contributed by atoms with Crippen LogP contribution in [0.4, 0.5) is 13.2 Å². The van der Waals surface area contributed by atoms with E-state index in [1.54, 1.807) is 17.1 Å². The van der Waals surface area contributed by atoms with Gasteiger partial charge in [0.25, 0.3) is 0 Å². The molecule has 2 fully saturated rings. The summed E-state index contributed by atoms with van der Waals surface area (Å²) in [6.07, 6.45) is 3.19. The molecule has 1 N–H and O–H groups in total. The summed E-state index contributed by atoms with van der Waals surface area (Å²) < 4.78 is 38.5. The Balaban J connectivity index is 1.46. The predicted octanol–water partition coefficient (Wildman–Crippen LogP) is 4.77. The number of hydrogen-bond acceptors (Lipinski definition) is 3. The lowest BCUT2D eigenvalue weighted by molar-refractivity contribution is -0.202. The average molecular weight is 427 g/mol. The molecule has 2 heterocycles. The van der Waals surface area contributed by atoms with Gasteiger partial charge in [0, 0.05) is 24.7 Å². The van der Waals surface area contributed by atoms with Gasteiger partial charge in [0.1, 0.15) is 0 Å². The van der Waals surface area contributed by atoms with Crippen LogP contribution in [0.15, 0.2) is 36.4 Å². The third kappa shape index (κ3) is 3.49. The molecule has 1 amide bonds. The van der Waals surface area contributed by atoms with Gasteiger partial charge in [-0.2, -0.15) is 18.2 Å². The van der Waals surface area contributed by atoms with E-state index in [9.17, 15) is 23.2 Å². The lowest BCUT2D eigenvalue weighted by atomic mass is 9.77. The van der Waals surface area contributed by atoms with Gasteiger partial charge in [-0.3, -0.25) is 4.79 Å². The Bertz CT molecular complexity index is 906. The number of carbonyl (C=O) groups excluding carboxylic acids is 1. The number of nitrogens with zero attached hydrogens (tertiary/aromatic N) is 2. The van der Waals surface area contributed by atoms with Crippen molar-refractivity contribution in [3.8, 4) is 0 Å². The Morgan fingerprint density at radius 3 is 2.52 bits per heavy atom. The molecule has 1 atom stereocenters. The van der Waals surface area contributed by atoms with Gasteiger partial charge in [-0.05, 0) is 49.5 Å². The Labute approximate surface area is 172 Å². The van der Waals surface area contributed by atoms with Crippen LogP contribution in [0.2, 0.25) is 5.02 Å². The second kappa shape index (κ2) is 6.86.